The van der Waals surface area contributed by atoms with Gasteiger partial charge in [-0.25, -0.2) is 0 Å². The number of hydrogen-bond acceptors (Lipinski definition) is 2. The number of nitrogens with two attached hydrogens (primary N) is 1. The van der Waals surface area contributed by atoms with E-state index in [1.54, 1.807) is 0 Å². The van der Waals surface area contributed by atoms with Crippen LogP contribution in [0.15, 0.2) is 0 Å². The van der Waals surface area contributed by atoms with Crippen molar-refractivity contribution in [1.82, 2.24) is 4.90 Å². The highest BCUT2D eigenvalue weighted by Gasteiger charge is 2.30. The molecule has 1 aliphatic heterocycles. The van der Waals surface area contributed by atoms with E-state index >= 15 is 0 Å². The van der Waals surface area contributed by atoms with Crippen LogP contribution in [0.1, 0.15) is 38.5 Å². The van der Waals surface area contributed by atoms with Crippen LogP contribution in [0.5, 0.6) is 0 Å². The molecular weight excluding hydrogens is 160 g/mol. The minimum Gasteiger partial charge on any atom is -0.330 e. The number of nitrogens with zero attached hydrogens (tertiary/aromatic N) is 1. The van der Waals surface area contributed by atoms with Crippen LogP contribution in [0.4, 0.5) is 0 Å². The van der Waals surface area contributed by atoms with Crippen LogP contribution >= 0.6 is 0 Å². The molecule has 1 saturated carbocycles. The van der Waals surface area contributed by atoms with Gasteiger partial charge in [-0.2, -0.15) is 0 Å². The van der Waals surface area contributed by atoms with Gasteiger partial charge in [0.05, 0.1) is 0 Å². The maximum atomic E-state index is 5.83. The lowest BCUT2D eigenvalue weighted by atomic mass is 9.84. The Balaban J connectivity index is 1.93. The second-order valence-electron chi connectivity index (χ2n) is 4.59. The molecule has 1 heterocycles. The minimum atomic E-state index is 0.798. The van der Waals surface area contributed by atoms with Crippen LogP contribution in [-0.4, -0.2) is 30.6 Å². The molecule has 2 fully saturated rings. The second-order valence-corrected chi connectivity index (χ2v) is 4.59. The highest BCUT2D eigenvalue weighted by molar-refractivity contribution is 4.85. The maximum Gasteiger partial charge on any atom is 0.0135 e. The van der Waals surface area contributed by atoms with E-state index in [0.717, 1.165) is 18.5 Å². The zero-order chi connectivity index (χ0) is 9.10. The van der Waals surface area contributed by atoms with Gasteiger partial charge in [-0.15, -0.1) is 0 Å². The van der Waals surface area contributed by atoms with Crippen molar-refractivity contribution in [2.24, 2.45) is 11.7 Å². The number of likely N-dealkylation sites (tertiary alicyclic amines) is 1. The Morgan fingerprint density at radius 2 is 1.69 bits per heavy atom. The smallest absolute Gasteiger partial charge is 0.0135 e. The van der Waals surface area contributed by atoms with Gasteiger partial charge < -0.3 is 10.6 Å². The highest BCUT2D eigenvalue weighted by atomic mass is 15.2. The zero-order valence-electron chi connectivity index (χ0n) is 8.54. The van der Waals surface area contributed by atoms with Crippen molar-refractivity contribution in [2.45, 2.75) is 44.6 Å². The van der Waals surface area contributed by atoms with Gasteiger partial charge in [0.15, 0.2) is 0 Å². The lowest BCUT2D eigenvalue weighted by molar-refractivity contribution is 0.132. The molecular formula is C11H22N2. The molecule has 2 nitrogen and oxygen atoms in total. The summed E-state index contributed by atoms with van der Waals surface area (Å²) in [5.41, 5.74) is 5.83. The summed E-state index contributed by atoms with van der Waals surface area (Å²) < 4.78 is 0. The summed E-state index contributed by atoms with van der Waals surface area (Å²) >= 11 is 0. The van der Waals surface area contributed by atoms with Crippen molar-refractivity contribution in [3.8, 4) is 0 Å². The van der Waals surface area contributed by atoms with Gasteiger partial charge in [0.25, 0.3) is 0 Å². The van der Waals surface area contributed by atoms with Crippen LogP contribution in [-0.2, 0) is 0 Å². The van der Waals surface area contributed by atoms with Gasteiger partial charge >= 0.3 is 0 Å². The van der Waals surface area contributed by atoms with E-state index in [4.69, 9.17) is 5.73 Å². The fraction of sp³-hybridized carbons (Fsp3) is 1.00. The zero-order valence-corrected chi connectivity index (χ0v) is 8.54. The largest absolute Gasteiger partial charge is 0.330 e. The Morgan fingerprint density at radius 3 is 2.38 bits per heavy atom. The van der Waals surface area contributed by atoms with Gasteiger partial charge in [0, 0.05) is 6.04 Å². The number of rotatable bonds is 2. The molecule has 2 atom stereocenters. The Labute approximate surface area is 81.5 Å². The van der Waals surface area contributed by atoms with E-state index in [1.807, 2.05) is 0 Å². The van der Waals surface area contributed by atoms with Gasteiger partial charge in [-0.3, -0.25) is 0 Å². The first kappa shape index (κ1) is 9.47. The minimum absolute atomic E-state index is 0.798. The molecule has 2 heteroatoms. The Bertz CT molecular complexity index is 150. The van der Waals surface area contributed by atoms with E-state index in [-0.39, 0.29) is 0 Å². The molecule has 0 bridgehead atoms. The lowest BCUT2D eigenvalue weighted by Gasteiger charge is -2.37. The second kappa shape index (κ2) is 4.43. The van der Waals surface area contributed by atoms with E-state index in [2.05, 4.69) is 4.90 Å². The van der Waals surface area contributed by atoms with Crippen molar-refractivity contribution >= 4 is 0 Å². The Kier molecular flexibility index (Phi) is 3.23. The highest BCUT2D eigenvalue weighted by Crippen LogP contribution is 2.29. The van der Waals surface area contributed by atoms with E-state index in [0.29, 0.717) is 0 Å². The van der Waals surface area contributed by atoms with Crippen LogP contribution in [0, 0.1) is 5.92 Å². The fourth-order valence-corrected chi connectivity index (χ4v) is 3.02. The first-order valence-corrected chi connectivity index (χ1v) is 5.86. The van der Waals surface area contributed by atoms with E-state index in [9.17, 15) is 0 Å². The Hall–Kier alpha value is -0.0800. The first-order chi connectivity index (χ1) is 6.42. The average molecular weight is 182 g/mol. The normalized spacial score (nSPS) is 36.7. The lowest BCUT2D eigenvalue weighted by Crippen LogP contribution is -2.43. The van der Waals surface area contributed by atoms with Gasteiger partial charge in [0.1, 0.15) is 0 Å². The predicted octanol–water partition coefficient (Wildman–Crippen LogP) is 1.60. The molecule has 13 heavy (non-hydrogen) atoms. The summed E-state index contributed by atoms with van der Waals surface area (Å²) in [5.74, 6) is 0.798. The summed E-state index contributed by atoms with van der Waals surface area (Å²) in [6.45, 7) is 3.57. The fourth-order valence-electron chi connectivity index (χ4n) is 3.02. The van der Waals surface area contributed by atoms with Gasteiger partial charge in [-0.05, 0) is 51.2 Å². The third kappa shape index (κ3) is 2.05. The van der Waals surface area contributed by atoms with E-state index < -0.39 is 0 Å². The van der Waals surface area contributed by atoms with Crippen molar-refractivity contribution < 1.29 is 0 Å². The molecule has 1 aliphatic carbocycles. The summed E-state index contributed by atoms with van der Waals surface area (Å²) in [6, 6.07) is 0.834. The molecule has 0 radical (unpaired) electrons. The van der Waals surface area contributed by atoms with Gasteiger partial charge in [-0.1, -0.05) is 12.8 Å². The summed E-state index contributed by atoms with van der Waals surface area (Å²) in [5, 5.41) is 0. The molecule has 0 amide bonds. The van der Waals surface area contributed by atoms with Crippen LogP contribution in [0.25, 0.3) is 0 Å². The predicted molar refractivity (Wildman–Crippen MR) is 55.6 cm³/mol. The quantitative estimate of drug-likeness (QED) is 0.703. The molecule has 0 unspecified atom stereocenters. The molecule has 0 aromatic rings. The van der Waals surface area contributed by atoms with Crippen LogP contribution in [0.2, 0.25) is 0 Å². The molecule has 0 spiro atoms. The van der Waals surface area contributed by atoms with Crippen LogP contribution in [0.3, 0.4) is 0 Å². The summed E-state index contributed by atoms with van der Waals surface area (Å²) in [7, 11) is 0. The average Bonchev–Trinajstić information content (AvgIpc) is 2.70. The van der Waals surface area contributed by atoms with Crippen molar-refractivity contribution in [1.29, 1.82) is 0 Å². The SMILES string of the molecule is NC[C@@H]1CCCC[C@@H]1N1CCCC1. The maximum absolute atomic E-state index is 5.83. The molecule has 76 valence electrons. The van der Waals surface area contributed by atoms with Gasteiger partial charge in [0.2, 0.25) is 0 Å². The number of hydrogen-bond donors (Lipinski definition) is 1. The van der Waals surface area contributed by atoms with Crippen LogP contribution < -0.4 is 5.73 Å². The molecule has 0 aromatic carbocycles. The molecule has 2 N–H and O–H groups in total. The third-order valence-electron chi connectivity index (χ3n) is 3.78. The van der Waals surface area contributed by atoms with E-state index in [1.165, 1.54) is 51.6 Å². The van der Waals surface area contributed by atoms with Crippen molar-refractivity contribution in [2.75, 3.05) is 19.6 Å². The molecule has 2 aliphatic rings. The topological polar surface area (TPSA) is 29.3 Å². The first-order valence-electron chi connectivity index (χ1n) is 5.86. The summed E-state index contributed by atoms with van der Waals surface area (Å²) in [6.07, 6.45) is 8.44. The standard InChI is InChI=1S/C11H22N2/c12-9-10-5-1-2-6-11(10)13-7-3-4-8-13/h10-11H,1-9,12H2/t10-,11-/m0/s1. The molecule has 2 rings (SSSR count). The molecule has 0 aromatic heterocycles. The summed E-state index contributed by atoms with van der Waals surface area (Å²) in [4.78, 5) is 2.69. The third-order valence-corrected chi connectivity index (χ3v) is 3.78. The Morgan fingerprint density at radius 1 is 1.00 bits per heavy atom. The monoisotopic (exact) mass is 182 g/mol. The van der Waals surface area contributed by atoms with Crippen molar-refractivity contribution in [3.63, 3.8) is 0 Å². The van der Waals surface area contributed by atoms with Crippen molar-refractivity contribution in [3.05, 3.63) is 0 Å². The molecule has 1 saturated heterocycles.